The molecule has 0 aliphatic rings. The van der Waals surface area contributed by atoms with Gasteiger partial charge in [0.1, 0.15) is 6.54 Å². The van der Waals surface area contributed by atoms with E-state index in [1.54, 1.807) is 19.3 Å². The van der Waals surface area contributed by atoms with Crippen molar-refractivity contribution >= 4 is 39.0 Å². The third-order valence-electron chi connectivity index (χ3n) is 4.64. The second-order valence-electron chi connectivity index (χ2n) is 6.49. The number of pyridine rings is 1. The van der Waals surface area contributed by atoms with Crippen LogP contribution < -0.4 is 10.9 Å². The van der Waals surface area contributed by atoms with Crippen LogP contribution in [0.5, 0.6) is 0 Å². The fourth-order valence-corrected chi connectivity index (χ4v) is 3.30. The van der Waals surface area contributed by atoms with E-state index in [1.165, 1.54) is 4.57 Å². The van der Waals surface area contributed by atoms with Crippen molar-refractivity contribution in [3.8, 4) is 0 Å². The number of aromatic nitrogens is 3. The predicted molar refractivity (Wildman–Crippen MR) is 109 cm³/mol. The quantitative estimate of drug-likeness (QED) is 0.541. The molecule has 0 aliphatic heterocycles. The molecule has 0 amide bonds. The van der Waals surface area contributed by atoms with Gasteiger partial charge in [0, 0.05) is 24.3 Å². The molecule has 4 aromatic rings. The molecule has 2 heterocycles. The van der Waals surface area contributed by atoms with Gasteiger partial charge in [0.05, 0.1) is 29.4 Å². The molecule has 28 heavy (non-hydrogen) atoms. The second-order valence-corrected chi connectivity index (χ2v) is 6.49. The van der Waals surface area contributed by atoms with E-state index in [1.807, 2.05) is 54.2 Å². The highest BCUT2D eigenvalue weighted by Gasteiger charge is 2.11. The molecule has 0 spiro atoms. The summed E-state index contributed by atoms with van der Waals surface area (Å²) >= 11 is 0. The number of carbonyl (C=O) groups excluding carboxylic acids is 1. The maximum atomic E-state index is 13.0. The molecule has 0 fully saturated rings. The van der Waals surface area contributed by atoms with E-state index in [4.69, 9.17) is 4.74 Å². The number of ether oxygens (including phenoxy) is 1. The topological polar surface area (TPSA) is 78.2 Å². The van der Waals surface area contributed by atoms with Crippen LogP contribution in [-0.2, 0) is 23.1 Å². The Morgan fingerprint density at radius 1 is 1.18 bits per heavy atom. The average molecular weight is 376 g/mol. The largest absolute Gasteiger partial charge is 0.465 e. The first-order chi connectivity index (χ1) is 13.6. The van der Waals surface area contributed by atoms with Crippen LogP contribution in [0.1, 0.15) is 6.92 Å². The molecular formula is C21H20N4O3. The molecule has 7 nitrogen and oxygen atoms in total. The maximum absolute atomic E-state index is 13.0. The van der Waals surface area contributed by atoms with Crippen LogP contribution in [-0.4, -0.2) is 26.9 Å². The van der Waals surface area contributed by atoms with Gasteiger partial charge in [-0.15, -0.1) is 0 Å². The Bertz CT molecular complexity index is 1240. The van der Waals surface area contributed by atoms with Crippen LogP contribution in [0.4, 0.5) is 11.4 Å². The average Bonchev–Trinajstić information content (AvgIpc) is 3.05. The summed E-state index contributed by atoms with van der Waals surface area (Å²) in [5, 5.41) is 9.92. The molecule has 4 rings (SSSR count). The minimum Gasteiger partial charge on any atom is -0.465 e. The standard InChI is InChI=1S/C21H20N4O3/c1-3-28-19(26)13-25-10-9-14-5-4-6-17(20(14)21(25)27)23-16-7-8-18-15(11-16)12-22-24(18)2/h4-12,23H,3,13H2,1-2H3. The number of carbonyl (C=O) groups is 1. The summed E-state index contributed by atoms with van der Waals surface area (Å²) in [5.74, 6) is -0.434. The Kier molecular flexibility index (Phi) is 4.57. The summed E-state index contributed by atoms with van der Waals surface area (Å²) in [6.07, 6.45) is 3.42. The molecule has 0 bridgehead atoms. The fourth-order valence-electron chi connectivity index (χ4n) is 3.30. The zero-order valence-corrected chi connectivity index (χ0v) is 15.7. The second kappa shape index (κ2) is 7.19. The van der Waals surface area contributed by atoms with Gasteiger partial charge in [-0.1, -0.05) is 12.1 Å². The number of benzene rings is 2. The van der Waals surface area contributed by atoms with Gasteiger partial charge in [0.25, 0.3) is 5.56 Å². The van der Waals surface area contributed by atoms with Crippen molar-refractivity contribution in [3.63, 3.8) is 0 Å². The van der Waals surface area contributed by atoms with E-state index in [2.05, 4.69) is 10.4 Å². The number of aryl methyl sites for hydroxylation is 1. The first kappa shape index (κ1) is 17.8. The summed E-state index contributed by atoms with van der Waals surface area (Å²) in [6, 6.07) is 13.4. The summed E-state index contributed by atoms with van der Waals surface area (Å²) in [4.78, 5) is 24.8. The van der Waals surface area contributed by atoms with Gasteiger partial charge in [-0.25, -0.2) is 0 Å². The van der Waals surface area contributed by atoms with E-state index in [0.717, 1.165) is 22.0 Å². The van der Waals surface area contributed by atoms with Crippen LogP contribution in [0.2, 0.25) is 0 Å². The number of nitrogens with one attached hydrogen (secondary N) is 1. The summed E-state index contributed by atoms with van der Waals surface area (Å²) in [7, 11) is 1.89. The van der Waals surface area contributed by atoms with Crippen LogP contribution in [0.15, 0.2) is 59.7 Å². The van der Waals surface area contributed by atoms with Gasteiger partial charge < -0.3 is 14.6 Å². The molecule has 0 unspecified atom stereocenters. The third kappa shape index (κ3) is 3.22. The highest BCUT2D eigenvalue weighted by atomic mass is 16.5. The first-order valence-corrected chi connectivity index (χ1v) is 9.03. The van der Waals surface area contributed by atoms with Crippen molar-refractivity contribution in [2.24, 2.45) is 7.05 Å². The van der Waals surface area contributed by atoms with E-state index in [0.29, 0.717) is 11.1 Å². The highest BCUT2D eigenvalue weighted by molar-refractivity contribution is 5.95. The summed E-state index contributed by atoms with van der Waals surface area (Å²) < 4.78 is 8.14. The maximum Gasteiger partial charge on any atom is 0.326 e. The van der Waals surface area contributed by atoms with Gasteiger partial charge in [0.15, 0.2) is 0 Å². The van der Waals surface area contributed by atoms with E-state index in [9.17, 15) is 9.59 Å². The molecule has 7 heteroatoms. The molecule has 1 N–H and O–H groups in total. The lowest BCUT2D eigenvalue weighted by atomic mass is 10.1. The Morgan fingerprint density at radius 2 is 2.04 bits per heavy atom. The Labute approximate surface area is 161 Å². The molecule has 142 valence electrons. The predicted octanol–water partition coefficient (Wildman–Crippen LogP) is 3.19. The minimum absolute atomic E-state index is 0.113. The van der Waals surface area contributed by atoms with Crippen molar-refractivity contribution < 1.29 is 9.53 Å². The number of esters is 1. The summed E-state index contributed by atoms with van der Waals surface area (Å²) in [5.41, 5.74) is 2.33. The molecular weight excluding hydrogens is 356 g/mol. The van der Waals surface area contributed by atoms with Crippen molar-refractivity contribution in [3.05, 3.63) is 65.2 Å². The Hall–Kier alpha value is -3.61. The van der Waals surface area contributed by atoms with Crippen molar-refractivity contribution in [1.29, 1.82) is 0 Å². The number of anilines is 2. The highest BCUT2D eigenvalue weighted by Crippen LogP contribution is 2.26. The normalized spacial score (nSPS) is 11.1. The molecule has 0 radical (unpaired) electrons. The lowest BCUT2D eigenvalue weighted by Gasteiger charge is -2.12. The van der Waals surface area contributed by atoms with Gasteiger partial charge in [-0.2, -0.15) is 5.10 Å². The van der Waals surface area contributed by atoms with E-state index >= 15 is 0 Å². The van der Waals surface area contributed by atoms with Crippen LogP contribution in [0, 0.1) is 0 Å². The number of fused-ring (bicyclic) bond motifs is 2. The molecule has 2 aromatic carbocycles. The van der Waals surface area contributed by atoms with Gasteiger partial charge in [-0.3, -0.25) is 14.3 Å². The van der Waals surface area contributed by atoms with Crippen LogP contribution >= 0.6 is 0 Å². The zero-order chi connectivity index (χ0) is 19.7. The fraction of sp³-hybridized carbons (Fsp3) is 0.190. The summed E-state index contributed by atoms with van der Waals surface area (Å²) in [6.45, 7) is 1.91. The molecule has 0 aliphatic carbocycles. The van der Waals surface area contributed by atoms with Crippen molar-refractivity contribution in [1.82, 2.24) is 14.3 Å². The van der Waals surface area contributed by atoms with Gasteiger partial charge >= 0.3 is 5.97 Å². The monoisotopic (exact) mass is 376 g/mol. The Balaban J connectivity index is 1.75. The lowest BCUT2D eigenvalue weighted by Crippen LogP contribution is -2.25. The molecule has 0 saturated carbocycles. The first-order valence-electron chi connectivity index (χ1n) is 9.03. The molecule has 2 aromatic heterocycles. The van der Waals surface area contributed by atoms with Crippen LogP contribution in [0.25, 0.3) is 21.7 Å². The Morgan fingerprint density at radius 3 is 2.86 bits per heavy atom. The van der Waals surface area contributed by atoms with E-state index < -0.39 is 5.97 Å². The number of hydrogen-bond acceptors (Lipinski definition) is 5. The number of rotatable bonds is 5. The molecule has 0 saturated heterocycles. The molecule has 0 atom stereocenters. The smallest absolute Gasteiger partial charge is 0.326 e. The van der Waals surface area contributed by atoms with Gasteiger partial charge in [-0.05, 0) is 42.6 Å². The van der Waals surface area contributed by atoms with Crippen molar-refractivity contribution in [2.45, 2.75) is 13.5 Å². The SMILES string of the molecule is CCOC(=O)Cn1ccc2cccc(Nc3ccc4c(cnn4C)c3)c2c1=O. The zero-order valence-electron chi connectivity index (χ0n) is 15.7. The van der Waals surface area contributed by atoms with E-state index in [-0.39, 0.29) is 18.7 Å². The van der Waals surface area contributed by atoms with Gasteiger partial charge in [0.2, 0.25) is 0 Å². The number of nitrogens with zero attached hydrogens (tertiary/aromatic N) is 3. The van der Waals surface area contributed by atoms with Crippen LogP contribution in [0.3, 0.4) is 0 Å². The van der Waals surface area contributed by atoms with Crippen molar-refractivity contribution in [2.75, 3.05) is 11.9 Å². The third-order valence-corrected chi connectivity index (χ3v) is 4.64. The lowest BCUT2D eigenvalue weighted by molar-refractivity contribution is -0.143. The number of hydrogen-bond donors (Lipinski definition) is 1. The minimum atomic E-state index is -0.434.